The van der Waals surface area contributed by atoms with Gasteiger partial charge in [-0.25, -0.2) is 0 Å². The number of para-hydroxylation sites is 2. The van der Waals surface area contributed by atoms with Crippen molar-refractivity contribution in [1.29, 1.82) is 0 Å². The van der Waals surface area contributed by atoms with Crippen LogP contribution in [0, 0.1) is 13.8 Å². The fourth-order valence-electron chi connectivity index (χ4n) is 3.19. The summed E-state index contributed by atoms with van der Waals surface area (Å²) in [7, 11) is 1.92. The monoisotopic (exact) mass is 393 g/mol. The lowest BCUT2D eigenvalue weighted by Crippen LogP contribution is -2.13. The minimum atomic E-state index is -0.0598. The van der Waals surface area contributed by atoms with Crippen molar-refractivity contribution in [2.75, 3.05) is 11.9 Å². The molecular weight excluding hydrogens is 366 g/mol. The number of nitrogens with zero attached hydrogens (tertiary/aromatic N) is 2. The molecule has 0 atom stereocenters. The largest absolute Gasteiger partial charge is 0.494 e. The highest BCUT2D eigenvalue weighted by Crippen LogP contribution is 2.30. The molecule has 1 aromatic heterocycles. The summed E-state index contributed by atoms with van der Waals surface area (Å²) in [6.07, 6.45) is 1.03. The first kappa shape index (κ1) is 20.5. The fourth-order valence-corrected chi connectivity index (χ4v) is 3.19. The van der Waals surface area contributed by atoms with Crippen LogP contribution < -0.4 is 14.8 Å². The van der Waals surface area contributed by atoms with E-state index in [9.17, 15) is 4.79 Å². The van der Waals surface area contributed by atoms with E-state index >= 15 is 0 Å². The van der Waals surface area contributed by atoms with Crippen molar-refractivity contribution in [3.63, 3.8) is 0 Å². The molecule has 152 valence electrons. The number of carbonyl (C=O) groups excluding carboxylic acids is 1. The predicted molar refractivity (Wildman–Crippen MR) is 114 cm³/mol. The van der Waals surface area contributed by atoms with Gasteiger partial charge >= 0.3 is 0 Å². The number of nitrogens with one attached hydrogen (secondary N) is 1. The van der Waals surface area contributed by atoms with Gasteiger partial charge in [0.25, 0.3) is 0 Å². The number of amides is 1. The zero-order valence-electron chi connectivity index (χ0n) is 17.4. The van der Waals surface area contributed by atoms with E-state index in [1.807, 2.05) is 81.0 Å². The van der Waals surface area contributed by atoms with Gasteiger partial charge < -0.3 is 14.8 Å². The molecule has 3 rings (SSSR count). The van der Waals surface area contributed by atoms with Crippen molar-refractivity contribution in [2.24, 2.45) is 7.05 Å². The average molecular weight is 393 g/mol. The summed E-state index contributed by atoms with van der Waals surface area (Å²) in [5.74, 6) is 2.01. The van der Waals surface area contributed by atoms with E-state index in [1.54, 1.807) is 0 Å². The standard InChI is InChI=1S/C23H27N3O3/c1-5-28-18-10-12-19(13-11-18)29-22-9-7-6-8-21(22)24-23(27)15-14-20-16(2)25-26(4)17(20)3/h6-13H,5,14-15H2,1-4H3,(H,24,27). The molecule has 0 radical (unpaired) electrons. The number of aromatic nitrogens is 2. The molecule has 0 fully saturated rings. The van der Waals surface area contributed by atoms with Crippen molar-refractivity contribution in [3.05, 3.63) is 65.5 Å². The first-order valence-corrected chi connectivity index (χ1v) is 9.76. The molecule has 0 saturated heterocycles. The van der Waals surface area contributed by atoms with Crippen molar-refractivity contribution in [3.8, 4) is 17.2 Å². The third-order valence-corrected chi connectivity index (χ3v) is 4.78. The first-order valence-electron chi connectivity index (χ1n) is 9.76. The Morgan fingerprint density at radius 2 is 1.76 bits per heavy atom. The zero-order chi connectivity index (χ0) is 20.8. The number of ether oxygens (including phenoxy) is 2. The smallest absolute Gasteiger partial charge is 0.224 e. The van der Waals surface area contributed by atoms with E-state index < -0.39 is 0 Å². The quantitative estimate of drug-likeness (QED) is 0.597. The molecule has 6 nitrogen and oxygen atoms in total. The van der Waals surface area contributed by atoms with Gasteiger partial charge in [-0.1, -0.05) is 12.1 Å². The maximum atomic E-state index is 12.5. The molecule has 0 bridgehead atoms. The molecular formula is C23H27N3O3. The number of aryl methyl sites for hydroxylation is 2. The van der Waals surface area contributed by atoms with Crippen molar-refractivity contribution in [1.82, 2.24) is 9.78 Å². The first-order chi connectivity index (χ1) is 14.0. The van der Waals surface area contributed by atoms with Crippen LogP contribution in [0.4, 0.5) is 5.69 Å². The van der Waals surface area contributed by atoms with Crippen LogP contribution in [0.3, 0.4) is 0 Å². The molecule has 1 N–H and O–H groups in total. The van der Waals surface area contributed by atoms with Crippen LogP contribution in [0.1, 0.15) is 30.3 Å². The van der Waals surface area contributed by atoms with E-state index in [0.29, 0.717) is 36.6 Å². The number of benzene rings is 2. The van der Waals surface area contributed by atoms with Gasteiger partial charge in [-0.3, -0.25) is 9.48 Å². The molecule has 0 saturated carbocycles. The van der Waals surface area contributed by atoms with Gasteiger partial charge in [0.1, 0.15) is 11.5 Å². The van der Waals surface area contributed by atoms with Crippen LogP contribution >= 0.6 is 0 Å². The molecule has 3 aromatic rings. The Hall–Kier alpha value is -3.28. The summed E-state index contributed by atoms with van der Waals surface area (Å²) in [6.45, 7) is 6.56. The highest BCUT2D eigenvalue weighted by molar-refractivity contribution is 5.92. The second-order valence-electron chi connectivity index (χ2n) is 6.82. The molecule has 0 aliphatic carbocycles. The van der Waals surface area contributed by atoms with Gasteiger partial charge in [0.15, 0.2) is 5.75 Å². The third kappa shape index (κ3) is 5.16. The molecule has 29 heavy (non-hydrogen) atoms. The zero-order valence-corrected chi connectivity index (χ0v) is 17.4. The Labute approximate surface area is 171 Å². The van der Waals surface area contributed by atoms with Crippen molar-refractivity contribution >= 4 is 11.6 Å². The second-order valence-corrected chi connectivity index (χ2v) is 6.82. The van der Waals surface area contributed by atoms with Gasteiger partial charge in [0, 0.05) is 19.2 Å². The summed E-state index contributed by atoms with van der Waals surface area (Å²) in [5.41, 5.74) is 3.83. The second kappa shape index (κ2) is 9.28. The van der Waals surface area contributed by atoms with E-state index in [4.69, 9.17) is 9.47 Å². The number of anilines is 1. The molecule has 1 heterocycles. The van der Waals surface area contributed by atoms with Gasteiger partial charge in [0.05, 0.1) is 18.0 Å². The lowest BCUT2D eigenvalue weighted by molar-refractivity contribution is -0.116. The summed E-state index contributed by atoms with van der Waals surface area (Å²) in [5, 5.41) is 7.37. The summed E-state index contributed by atoms with van der Waals surface area (Å²) < 4.78 is 13.3. The maximum Gasteiger partial charge on any atom is 0.224 e. The molecule has 0 spiro atoms. The fraction of sp³-hybridized carbons (Fsp3) is 0.304. The number of hydrogen-bond donors (Lipinski definition) is 1. The van der Waals surface area contributed by atoms with Crippen LogP contribution in [0.15, 0.2) is 48.5 Å². The summed E-state index contributed by atoms with van der Waals surface area (Å²) >= 11 is 0. The predicted octanol–water partition coefficient (Wildman–Crippen LogP) is 4.80. The molecule has 6 heteroatoms. The SMILES string of the molecule is CCOc1ccc(Oc2ccccc2NC(=O)CCc2c(C)nn(C)c2C)cc1. The van der Waals surface area contributed by atoms with E-state index in [0.717, 1.165) is 22.7 Å². The van der Waals surface area contributed by atoms with Crippen LogP contribution in [-0.4, -0.2) is 22.3 Å². The maximum absolute atomic E-state index is 12.5. The van der Waals surface area contributed by atoms with Crippen molar-refractivity contribution < 1.29 is 14.3 Å². The lowest BCUT2D eigenvalue weighted by Gasteiger charge is -2.13. The molecule has 2 aromatic carbocycles. The number of carbonyl (C=O) groups is 1. The topological polar surface area (TPSA) is 65.4 Å². The third-order valence-electron chi connectivity index (χ3n) is 4.78. The Morgan fingerprint density at radius 3 is 2.41 bits per heavy atom. The summed E-state index contributed by atoms with van der Waals surface area (Å²) in [6, 6.07) is 14.8. The van der Waals surface area contributed by atoms with Crippen LogP contribution in [0.5, 0.6) is 17.2 Å². The highest BCUT2D eigenvalue weighted by atomic mass is 16.5. The molecule has 0 aliphatic rings. The minimum Gasteiger partial charge on any atom is -0.494 e. The summed E-state index contributed by atoms with van der Waals surface area (Å²) in [4.78, 5) is 12.5. The Balaban J connectivity index is 1.64. The van der Waals surface area contributed by atoms with Crippen LogP contribution in [0.2, 0.25) is 0 Å². The number of hydrogen-bond acceptors (Lipinski definition) is 4. The van der Waals surface area contributed by atoms with Crippen LogP contribution in [-0.2, 0) is 18.3 Å². The van der Waals surface area contributed by atoms with E-state index in [-0.39, 0.29) is 5.91 Å². The van der Waals surface area contributed by atoms with Gasteiger partial charge in [-0.15, -0.1) is 0 Å². The lowest BCUT2D eigenvalue weighted by atomic mass is 10.1. The average Bonchev–Trinajstić information content (AvgIpc) is 2.95. The van der Waals surface area contributed by atoms with Crippen LogP contribution in [0.25, 0.3) is 0 Å². The highest BCUT2D eigenvalue weighted by Gasteiger charge is 2.13. The Bertz CT molecular complexity index is 978. The Morgan fingerprint density at radius 1 is 1.07 bits per heavy atom. The molecule has 0 aliphatic heterocycles. The number of rotatable bonds is 8. The van der Waals surface area contributed by atoms with Crippen molar-refractivity contribution in [2.45, 2.75) is 33.6 Å². The van der Waals surface area contributed by atoms with Gasteiger partial charge in [0.2, 0.25) is 5.91 Å². The van der Waals surface area contributed by atoms with Gasteiger partial charge in [-0.05, 0) is 69.2 Å². The normalized spacial score (nSPS) is 10.6. The minimum absolute atomic E-state index is 0.0598. The van der Waals surface area contributed by atoms with E-state index in [2.05, 4.69) is 10.4 Å². The molecule has 0 unspecified atom stereocenters. The van der Waals surface area contributed by atoms with E-state index in [1.165, 1.54) is 0 Å². The van der Waals surface area contributed by atoms with Gasteiger partial charge in [-0.2, -0.15) is 5.10 Å². The Kier molecular flexibility index (Phi) is 6.54. The molecule has 1 amide bonds.